The number of piperazine rings is 1. The molecule has 0 unspecified atom stereocenters. The monoisotopic (exact) mass is 294 g/mol. The Morgan fingerprint density at radius 3 is 2.37 bits per heavy atom. The van der Waals surface area contributed by atoms with Crippen LogP contribution < -0.4 is 9.80 Å². The van der Waals surface area contributed by atoms with Gasteiger partial charge in [0, 0.05) is 44.7 Å². The number of aromatic nitrogens is 2. The summed E-state index contributed by atoms with van der Waals surface area (Å²) in [5.41, 5.74) is 0. The lowest BCUT2D eigenvalue weighted by atomic mass is 10.3. The zero-order chi connectivity index (χ0) is 13.2. The highest BCUT2D eigenvalue weighted by atomic mass is 32.1. The maximum Gasteiger partial charge on any atom is 0.186 e. The van der Waals surface area contributed by atoms with Gasteiger partial charge in [0.1, 0.15) is 0 Å². The van der Waals surface area contributed by atoms with Crippen LogP contribution in [0.4, 0.5) is 10.3 Å². The minimum atomic E-state index is 0.0881. The summed E-state index contributed by atoms with van der Waals surface area (Å²) in [5.74, 6) is 0.0881. The first-order chi connectivity index (χ1) is 9.24. The Labute approximate surface area is 119 Å². The topological polar surface area (TPSA) is 49.3 Å². The molecule has 0 radical (unpaired) electrons. The standard InChI is InChI=1S/C12H14N4OS2/c1-9(17)10-8-14-12(19-10)16-5-3-15(4-6-16)11-13-2-7-18-11/h2,7-8H,3-6H2,1H3. The molecular weight excluding hydrogens is 280 g/mol. The number of carbonyl (C=O) groups is 1. The second kappa shape index (κ2) is 5.26. The molecule has 0 bridgehead atoms. The highest BCUT2D eigenvalue weighted by molar-refractivity contribution is 7.17. The SMILES string of the molecule is CC(=O)c1cnc(N2CCN(c3nccs3)CC2)s1. The Morgan fingerprint density at radius 1 is 1.16 bits per heavy atom. The zero-order valence-corrected chi connectivity index (χ0v) is 12.2. The average Bonchev–Trinajstić information content (AvgIpc) is 3.11. The summed E-state index contributed by atoms with van der Waals surface area (Å²) < 4.78 is 0. The fourth-order valence-electron chi connectivity index (χ4n) is 2.03. The smallest absolute Gasteiger partial charge is 0.186 e. The summed E-state index contributed by atoms with van der Waals surface area (Å²) in [7, 11) is 0. The van der Waals surface area contributed by atoms with Crippen molar-refractivity contribution in [2.75, 3.05) is 36.0 Å². The van der Waals surface area contributed by atoms with Gasteiger partial charge in [-0.1, -0.05) is 11.3 Å². The third kappa shape index (κ3) is 2.62. The normalized spacial score (nSPS) is 15.8. The van der Waals surface area contributed by atoms with Crippen molar-refractivity contribution in [1.82, 2.24) is 9.97 Å². The lowest BCUT2D eigenvalue weighted by Gasteiger charge is -2.34. The van der Waals surface area contributed by atoms with Gasteiger partial charge in [0.25, 0.3) is 0 Å². The van der Waals surface area contributed by atoms with Crippen molar-refractivity contribution in [2.45, 2.75) is 6.92 Å². The highest BCUT2D eigenvalue weighted by Gasteiger charge is 2.21. The summed E-state index contributed by atoms with van der Waals surface area (Å²) in [6.07, 6.45) is 3.52. The van der Waals surface area contributed by atoms with Gasteiger partial charge in [-0.2, -0.15) is 0 Å². The highest BCUT2D eigenvalue weighted by Crippen LogP contribution is 2.25. The number of carbonyl (C=O) groups excluding carboxylic acids is 1. The third-order valence-electron chi connectivity index (χ3n) is 3.08. The molecule has 0 spiro atoms. The minimum Gasteiger partial charge on any atom is -0.345 e. The molecule has 100 valence electrons. The number of nitrogens with zero attached hydrogens (tertiary/aromatic N) is 4. The van der Waals surface area contributed by atoms with Gasteiger partial charge in [-0.3, -0.25) is 4.79 Å². The van der Waals surface area contributed by atoms with Crippen LogP contribution >= 0.6 is 22.7 Å². The van der Waals surface area contributed by atoms with E-state index in [-0.39, 0.29) is 5.78 Å². The molecule has 1 aliphatic rings. The second-order valence-electron chi connectivity index (χ2n) is 4.35. The molecule has 3 rings (SSSR count). The quantitative estimate of drug-likeness (QED) is 0.812. The molecule has 7 heteroatoms. The summed E-state index contributed by atoms with van der Waals surface area (Å²) in [4.78, 5) is 25.2. The van der Waals surface area contributed by atoms with Crippen LogP contribution in [0.2, 0.25) is 0 Å². The number of rotatable bonds is 3. The zero-order valence-electron chi connectivity index (χ0n) is 10.6. The van der Waals surface area contributed by atoms with Crippen LogP contribution in [0.5, 0.6) is 0 Å². The molecule has 1 saturated heterocycles. The maximum atomic E-state index is 11.3. The first-order valence-electron chi connectivity index (χ1n) is 6.10. The lowest BCUT2D eigenvalue weighted by Crippen LogP contribution is -2.46. The van der Waals surface area contributed by atoms with Crippen molar-refractivity contribution in [3.8, 4) is 0 Å². The number of anilines is 2. The molecule has 0 atom stereocenters. The number of Topliss-reactive ketones (excluding diaryl/α,β-unsaturated/α-hetero) is 1. The molecule has 3 heterocycles. The van der Waals surface area contributed by atoms with Crippen molar-refractivity contribution in [3.05, 3.63) is 22.7 Å². The van der Waals surface area contributed by atoms with Gasteiger partial charge in [-0.25, -0.2) is 9.97 Å². The molecule has 0 aromatic carbocycles. The molecule has 2 aromatic heterocycles. The lowest BCUT2D eigenvalue weighted by molar-refractivity contribution is 0.102. The summed E-state index contributed by atoms with van der Waals surface area (Å²) >= 11 is 3.15. The van der Waals surface area contributed by atoms with Crippen LogP contribution in [0.3, 0.4) is 0 Å². The third-order valence-corrected chi connectivity index (χ3v) is 5.07. The minimum absolute atomic E-state index is 0.0881. The van der Waals surface area contributed by atoms with Crippen LogP contribution in [0.25, 0.3) is 0 Å². The van der Waals surface area contributed by atoms with E-state index in [9.17, 15) is 4.79 Å². The number of ketones is 1. The van der Waals surface area contributed by atoms with E-state index in [1.54, 1.807) is 24.5 Å². The van der Waals surface area contributed by atoms with Gasteiger partial charge in [0.2, 0.25) is 0 Å². The molecule has 2 aromatic rings. The van der Waals surface area contributed by atoms with Crippen molar-refractivity contribution < 1.29 is 4.79 Å². The van der Waals surface area contributed by atoms with Gasteiger partial charge in [0.15, 0.2) is 16.0 Å². The predicted molar refractivity (Wildman–Crippen MR) is 78.7 cm³/mol. The summed E-state index contributed by atoms with van der Waals surface area (Å²) in [6, 6.07) is 0. The molecule has 0 N–H and O–H groups in total. The van der Waals surface area contributed by atoms with Crippen molar-refractivity contribution in [2.24, 2.45) is 0 Å². The van der Waals surface area contributed by atoms with E-state index < -0.39 is 0 Å². The molecule has 0 amide bonds. The Kier molecular flexibility index (Phi) is 3.48. The van der Waals surface area contributed by atoms with Gasteiger partial charge in [0.05, 0.1) is 11.1 Å². The Bertz CT molecular complexity index is 558. The van der Waals surface area contributed by atoms with Gasteiger partial charge < -0.3 is 9.80 Å². The maximum absolute atomic E-state index is 11.3. The van der Waals surface area contributed by atoms with Crippen molar-refractivity contribution >= 4 is 38.7 Å². The molecule has 1 fully saturated rings. The van der Waals surface area contributed by atoms with E-state index in [1.165, 1.54) is 11.3 Å². The number of thiazole rings is 2. The Balaban J connectivity index is 1.64. The van der Waals surface area contributed by atoms with Gasteiger partial charge in [-0.05, 0) is 0 Å². The summed E-state index contributed by atoms with van der Waals surface area (Å²) in [5, 5.41) is 4.04. The Morgan fingerprint density at radius 2 is 1.84 bits per heavy atom. The largest absolute Gasteiger partial charge is 0.345 e. The molecule has 0 saturated carbocycles. The van der Waals surface area contributed by atoms with E-state index in [0.717, 1.165) is 41.3 Å². The van der Waals surface area contributed by atoms with Crippen molar-refractivity contribution in [1.29, 1.82) is 0 Å². The van der Waals surface area contributed by atoms with Crippen LogP contribution in [-0.4, -0.2) is 41.9 Å². The van der Waals surface area contributed by atoms with Crippen molar-refractivity contribution in [3.63, 3.8) is 0 Å². The molecular formula is C12H14N4OS2. The van der Waals surface area contributed by atoms with Crippen LogP contribution in [0.1, 0.15) is 16.6 Å². The van der Waals surface area contributed by atoms with E-state index in [4.69, 9.17) is 0 Å². The van der Waals surface area contributed by atoms with Gasteiger partial charge >= 0.3 is 0 Å². The second-order valence-corrected chi connectivity index (χ2v) is 6.23. The average molecular weight is 294 g/mol. The van der Waals surface area contributed by atoms with E-state index in [1.807, 2.05) is 11.6 Å². The Hall–Kier alpha value is -1.47. The van der Waals surface area contributed by atoms with Crippen LogP contribution in [-0.2, 0) is 0 Å². The van der Waals surface area contributed by atoms with Crippen LogP contribution in [0.15, 0.2) is 17.8 Å². The van der Waals surface area contributed by atoms with E-state index >= 15 is 0 Å². The predicted octanol–water partition coefficient (Wildman–Crippen LogP) is 2.13. The summed E-state index contributed by atoms with van der Waals surface area (Å²) in [6.45, 7) is 5.32. The molecule has 0 aliphatic carbocycles. The van der Waals surface area contributed by atoms with Gasteiger partial charge in [-0.15, -0.1) is 11.3 Å². The molecule has 19 heavy (non-hydrogen) atoms. The van der Waals surface area contributed by atoms with Crippen LogP contribution in [0, 0.1) is 0 Å². The fraction of sp³-hybridized carbons (Fsp3) is 0.417. The van der Waals surface area contributed by atoms with E-state index in [0.29, 0.717) is 0 Å². The number of hydrogen-bond acceptors (Lipinski definition) is 7. The fourth-order valence-corrected chi connectivity index (χ4v) is 3.59. The first kappa shape index (κ1) is 12.6. The first-order valence-corrected chi connectivity index (χ1v) is 7.80. The molecule has 1 aliphatic heterocycles. The van der Waals surface area contributed by atoms with E-state index in [2.05, 4.69) is 19.8 Å². The molecule has 5 nitrogen and oxygen atoms in total. The number of hydrogen-bond donors (Lipinski definition) is 0.